The third kappa shape index (κ3) is 4.23. The highest BCUT2D eigenvalue weighted by Gasteiger charge is 2.25. The summed E-state index contributed by atoms with van der Waals surface area (Å²) in [6.45, 7) is 0. The minimum atomic E-state index is -1.37. The van der Waals surface area contributed by atoms with Gasteiger partial charge in [-0.2, -0.15) is 0 Å². The second-order valence-electron chi connectivity index (χ2n) is 3.88. The van der Waals surface area contributed by atoms with Gasteiger partial charge in [0.05, 0.1) is 19.1 Å². The molecule has 7 nitrogen and oxygen atoms in total. The van der Waals surface area contributed by atoms with Gasteiger partial charge in [-0.25, -0.2) is 4.79 Å². The summed E-state index contributed by atoms with van der Waals surface area (Å²) in [7, 11) is 1.14. The number of nitrogen functional groups attached to an aromatic ring is 1. The molecule has 0 aliphatic carbocycles. The van der Waals surface area contributed by atoms with E-state index in [4.69, 9.17) is 10.8 Å². The molecule has 1 aromatic carbocycles. The first-order valence-electron chi connectivity index (χ1n) is 5.50. The lowest BCUT2D eigenvalue weighted by molar-refractivity contribution is -0.147. The number of benzene rings is 1. The standard InChI is InChI=1S/C12H13BrN2O5/c1-20-10(16)5-9(12(18)19)15-11(17)7-4-6(14)2-3-8(7)13/h2-4,9H,5,14H2,1H3,(H,15,17)(H,18,19)/t9-/m0/s1. The molecule has 0 unspecified atom stereocenters. The predicted octanol–water partition coefficient (Wildman–Crippen LogP) is 0.777. The van der Waals surface area contributed by atoms with Crippen molar-refractivity contribution >= 4 is 39.5 Å². The molecule has 8 heteroatoms. The van der Waals surface area contributed by atoms with Crippen LogP contribution in [0.1, 0.15) is 16.8 Å². The number of esters is 1. The molecule has 0 radical (unpaired) electrons. The first-order valence-corrected chi connectivity index (χ1v) is 6.30. The van der Waals surface area contributed by atoms with E-state index in [0.717, 1.165) is 7.11 Å². The predicted molar refractivity (Wildman–Crippen MR) is 74.1 cm³/mol. The van der Waals surface area contributed by atoms with E-state index in [1.54, 1.807) is 12.1 Å². The number of carboxylic acid groups (broad SMARTS) is 1. The molecule has 0 spiro atoms. The second kappa shape index (κ2) is 6.90. The number of amides is 1. The van der Waals surface area contributed by atoms with Crippen molar-refractivity contribution in [2.45, 2.75) is 12.5 Å². The number of methoxy groups -OCH3 is 1. The van der Waals surface area contributed by atoms with Crippen LogP contribution in [-0.2, 0) is 14.3 Å². The average Bonchev–Trinajstić information content (AvgIpc) is 2.40. The molecule has 0 saturated heterocycles. The highest BCUT2D eigenvalue weighted by atomic mass is 79.9. The topological polar surface area (TPSA) is 119 Å². The Bertz CT molecular complexity index is 547. The normalized spacial score (nSPS) is 11.5. The van der Waals surface area contributed by atoms with Gasteiger partial charge in [0.2, 0.25) is 0 Å². The number of nitrogens with two attached hydrogens (primary N) is 1. The second-order valence-corrected chi connectivity index (χ2v) is 4.74. The number of carbonyl (C=O) groups excluding carboxylic acids is 2. The highest BCUT2D eigenvalue weighted by molar-refractivity contribution is 9.10. The van der Waals surface area contributed by atoms with Gasteiger partial charge in [-0.05, 0) is 34.1 Å². The van der Waals surface area contributed by atoms with Gasteiger partial charge in [0.15, 0.2) is 0 Å². The number of anilines is 1. The molecular weight excluding hydrogens is 332 g/mol. The number of nitrogens with one attached hydrogen (secondary N) is 1. The summed E-state index contributed by atoms with van der Waals surface area (Å²) in [6, 6.07) is 3.18. The molecule has 0 aliphatic heterocycles. The number of carboxylic acids is 1. The van der Waals surface area contributed by atoms with Gasteiger partial charge < -0.3 is 20.9 Å². The van der Waals surface area contributed by atoms with Crippen LogP contribution in [-0.4, -0.2) is 36.1 Å². The molecule has 1 rings (SSSR count). The Hall–Kier alpha value is -2.09. The minimum absolute atomic E-state index is 0.182. The zero-order chi connectivity index (χ0) is 15.3. The number of halogens is 1. The van der Waals surface area contributed by atoms with Crippen LogP contribution in [0.25, 0.3) is 0 Å². The van der Waals surface area contributed by atoms with Crippen LogP contribution in [0.5, 0.6) is 0 Å². The third-order valence-electron chi connectivity index (χ3n) is 2.44. The van der Waals surface area contributed by atoms with Crippen LogP contribution in [0.15, 0.2) is 22.7 Å². The fraction of sp³-hybridized carbons (Fsp3) is 0.250. The summed E-state index contributed by atoms with van der Waals surface area (Å²) in [5.41, 5.74) is 6.11. The van der Waals surface area contributed by atoms with Crippen LogP contribution in [0.4, 0.5) is 5.69 Å². The quantitative estimate of drug-likeness (QED) is 0.536. The van der Waals surface area contributed by atoms with Crippen molar-refractivity contribution in [3.8, 4) is 0 Å². The molecule has 4 N–H and O–H groups in total. The Morgan fingerprint density at radius 2 is 2.10 bits per heavy atom. The maximum Gasteiger partial charge on any atom is 0.326 e. The molecule has 0 fully saturated rings. The van der Waals surface area contributed by atoms with Crippen LogP contribution in [0, 0.1) is 0 Å². The smallest absolute Gasteiger partial charge is 0.326 e. The molecule has 20 heavy (non-hydrogen) atoms. The molecule has 0 bridgehead atoms. The van der Waals surface area contributed by atoms with Crippen molar-refractivity contribution in [2.24, 2.45) is 0 Å². The summed E-state index contributed by atoms with van der Waals surface area (Å²) >= 11 is 3.17. The van der Waals surface area contributed by atoms with Gasteiger partial charge in [0, 0.05) is 10.2 Å². The van der Waals surface area contributed by atoms with Gasteiger partial charge in [0.25, 0.3) is 5.91 Å². The molecule has 1 amide bonds. The highest BCUT2D eigenvalue weighted by Crippen LogP contribution is 2.19. The molecular formula is C12H13BrN2O5. The van der Waals surface area contributed by atoms with E-state index >= 15 is 0 Å². The summed E-state index contributed by atoms with van der Waals surface area (Å²) in [5.74, 6) is -2.71. The Morgan fingerprint density at radius 3 is 2.65 bits per heavy atom. The largest absolute Gasteiger partial charge is 0.480 e. The number of aliphatic carboxylic acids is 1. The molecule has 0 aliphatic rings. The van der Waals surface area contributed by atoms with Crippen LogP contribution in [0.2, 0.25) is 0 Å². The first kappa shape index (κ1) is 16.0. The Morgan fingerprint density at radius 1 is 1.45 bits per heavy atom. The average molecular weight is 345 g/mol. The number of ether oxygens (including phenoxy) is 1. The van der Waals surface area contributed by atoms with E-state index in [0.29, 0.717) is 10.2 Å². The van der Waals surface area contributed by atoms with Crippen molar-refractivity contribution in [2.75, 3.05) is 12.8 Å². The van der Waals surface area contributed by atoms with E-state index in [9.17, 15) is 14.4 Å². The zero-order valence-corrected chi connectivity index (χ0v) is 12.1. The lowest BCUT2D eigenvalue weighted by atomic mass is 10.1. The summed E-state index contributed by atoms with van der Waals surface area (Å²) in [5, 5.41) is 11.2. The van der Waals surface area contributed by atoms with Crippen molar-refractivity contribution in [3.63, 3.8) is 0 Å². The van der Waals surface area contributed by atoms with Crippen LogP contribution in [0.3, 0.4) is 0 Å². The molecule has 1 atom stereocenters. The van der Waals surface area contributed by atoms with E-state index in [-0.39, 0.29) is 5.56 Å². The molecule has 0 saturated carbocycles. The first-order chi connectivity index (χ1) is 9.35. The number of hydrogen-bond acceptors (Lipinski definition) is 5. The van der Waals surface area contributed by atoms with Gasteiger partial charge in [0.1, 0.15) is 6.04 Å². The fourth-order valence-electron chi connectivity index (χ4n) is 1.40. The monoisotopic (exact) mass is 344 g/mol. The summed E-state index contributed by atoms with van der Waals surface area (Å²) in [4.78, 5) is 34.1. The lowest BCUT2D eigenvalue weighted by Gasteiger charge is -2.14. The number of hydrogen-bond donors (Lipinski definition) is 3. The maximum atomic E-state index is 12.0. The number of rotatable bonds is 5. The van der Waals surface area contributed by atoms with Gasteiger partial charge in [-0.15, -0.1) is 0 Å². The number of carbonyl (C=O) groups is 3. The summed E-state index contributed by atoms with van der Waals surface area (Å²) in [6.07, 6.45) is -0.461. The molecule has 0 heterocycles. The minimum Gasteiger partial charge on any atom is -0.480 e. The third-order valence-corrected chi connectivity index (χ3v) is 3.13. The molecule has 108 valence electrons. The lowest BCUT2D eigenvalue weighted by Crippen LogP contribution is -2.42. The van der Waals surface area contributed by atoms with Crippen LogP contribution < -0.4 is 11.1 Å². The van der Waals surface area contributed by atoms with E-state index in [2.05, 4.69) is 26.0 Å². The Labute approximate surface area is 123 Å². The van der Waals surface area contributed by atoms with E-state index < -0.39 is 30.3 Å². The van der Waals surface area contributed by atoms with E-state index in [1.807, 2.05) is 0 Å². The van der Waals surface area contributed by atoms with Crippen molar-refractivity contribution in [1.29, 1.82) is 0 Å². The Balaban J connectivity index is 2.88. The fourth-order valence-corrected chi connectivity index (χ4v) is 1.83. The van der Waals surface area contributed by atoms with Crippen molar-refractivity contribution in [1.82, 2.24) is 5.32 Å². The summed E-state index contributed by atoms with van der Waals surface area (Å²) < 4.78 is 4.84. The zero-order valence-electron chi connectivity index (χ0n) is 10.6. The van der Waals surface area contributed by atoms with Gasteiger partial charge >= 0.3 is 11.9 Å². The van der Waals surface area contributed by atoms with Crippen molar-refractivity contribution in [3.05, 3.63) is 28.2 Å². The molecule has 0 aromatic heterocycles. The van der Waals surface area contributed by atoms with E-state index in [1.165, 1.54) is 6.07 Å². The van der Waals surface area contributed by atoms with Crippen molar-refractivity contribution < 1.29 is 24.2 Å². The Kier molecular flexibility index (Phi) is 5.51. The SMILES string of the molecule is COC(=O)C[C@H](NC(=O)c1cc(N)ccc1Br)C(=O)O. The molecule has 1 aromatic rings. The van der Waals surface area contributed by atoms with Gasteiger partial charge in [-0.1, -0.05) is 0 Å². The van der Waals surface area contributed by atoms with Gasteiger partial charge in [-0.3, -0.25) is 9.59 Å². The van der Waals surface area contributed by atoms with Crippen LogP contribution >= 0.6 is 15.9 Å². The maximum absolute atomic E-state index is 12.0.